The Bertz CT molecular complexity index is 377. The maximum absolute atomic E-state index is 12.6. The van der Waals surface area contributed by atoms with Gasteiger partial charge in [-0.2, -0.15) is 0 Å². The summed E-state index contributed by atoms with van der Waals surface area (Å²) < 4.78 is 22.7. The number of rotatable bonds is 2. The van der Waals surface area contributed by atoms with Gasteiger partial charge in [-0.3, -0.25) is 5.43 Å². The molecule has 1 fully saturated rings. The first kappa shape index (κ1) is 11.8. The van der Waals surface area contributed by atoms with Gasteiger partial charge in [-0.05, 0) is 24.3 Å². The lowest BCUT2D eigenvalue weighted by molar-refractivity contribution is 0.0153. The molecule has 0 aromatic heterocycles. The van der Waals surface area contributed by atoms with Crippen LogP contribution in [0.1, 0.15) is 0 Å². The Kier molecular flexibility index (Phi) is 3.89. The van der Waals surface area contributed by atoms with Crippen molar-refractivity contribution in [2.75, 3.05) is 26.3 Å². The molecule has 1 aliphatic rings. The molecule has 0 saturated carbocycles. The molecule has 2 rings (SSSR count). The molecule has 0 spiro atoms. The van der Waals surface area contributed by atoms with Gasteiger partial charge in [0.1, 0.15) is 11.6 Å². The second kappa shape index (κ2) is 5.60. The highest BCUT2D eigenvalue weighted by Gasteiger charge is 2.14. The molecule has 0 radical (unpaired) electrons. The van der Waals surface area contributed by atoms with Crippen LogP contribution in [0.25, 0.3) is 0 Å². The molecule has 0 aliphatic carbocycles. The summed E-state index contributed by atoms with van der Waals surface area (Å²) in [6, 6.07) is 5.26. The molecule has 0 atom stereocenters. The van der Waals surface area contributed by atoms with Crippen molar-refractivity contribution in [3.63, 3.8) is 0 Å². The summed E-state index contributed by atoms with van der Waals surface area (Å²) in [4.78, 5) is 11.5. The fraction of sp³-hybridized carbons (Fsp3) is 0.364. The Morgan fingerprint density at radius 2 is 1.94 bits per heavy atom. The molecule has 0 unspecified atom stereocenters. The number of carbonyl (C=O) groups is 1. The highest BCUT2D eigenvalue weighted by molar-refractivity contribution is 5.69. The third-order valence-corrected chi connectivity index (χ3v) is 2.28. The van der Waals surface area contributed by atoms with E-state index in [-0.39, 0.29) is 5.82 Å². The van der Waals surface area contributed by atoms with Crippen LogP contribution in [0, 0.1) is 5.82 Å². The summed E-state index contributed by atoms with van der Waals surface area (Å²) in [6.07, 6.45) is -0.585. The van der Waals surface area contributed by atoms with Crippen LogP contribution in [0.3, 0.4) is 0 Å². The van der Waals surface area contributed by atoms with E-state index in [1.165, 1.54) is 24.3 Å². The highest BCUT2D eigenvalue weighted by Crippen LogP contribution is 2.11. The predicted molar refractivity (Wildman–Crippen MR) is 58.0 cm³/mol. The van der Waals surface area contributed by atoms with E-state index in [2.05, 4.69) is 5.43 Å². The van der Waals surface area contributed by atoms with Gasteiger partial charge in [0.15, 0.2) is 0 Å². The summed E-state index contributed by atoms with van der Waals surface area (Å²) in [7, 11) is 0. The fourth-order valence-corrected chi connectivity index (χ4v) is 1.44. The highest BCUT2D eigenvalue weighted by atomic mass is 19.1. The Labute approximate surface area is 98.1 Å². The van der Waals surface area contributed by atoms with Crippen LogP contribution in [0.2, 0.25) is 0 Å². The Balaban J connectivity index is 1.82. The van der Waals surface area contributed by atoms with E-state index < -0.39 is 6.09 Å². The quantitative estimate of drug-likeness (QED) is 0.842. The van der Waals surface area contributed by atoms with Crippen LogP contribution >= 0.6 is 0 Å². The van der Waals surface area contributed by atoms with Crippen molar-refractivity contribution >= 4 is 6.09 Å². The average Bonchev–Trinajstić information content (AvgIpc) is 2.33. The smallest absolute Gasteiger partial charge is 0.409 e. The molecule has 1 aliphatic heterocycles. The Morgan fingerprint density at radius 1 is 1.29 bits per heavy atom. The molecule has 92 valence electrons. The molecule has 1 amide bonds. The number of hydrogen-bond donors (Lipinski definition) is 1. The summed E-state index contributed by atoms with van der Waals surface area (Å²) in [5, 5.41) is 1.72. The summed E-state index contributed by atoms with van der Waals surface area (Å²) in [6.45, 7) is 2.41. The predicted octanol–water partition coefficient (Wildman–Crippen LogP) is 1.16. The number of carbonyl (C=O) groups excluding carboxylic acids is 1. The van der Waals surface area contributed by atoms with E-state index in [1.54, 1.807) is 5.01 Å². The minimum absolute atomic E-state index is 0.303. The van der Waals surface area contributed by atoms with Crippen LogP contribution in [-0.2, 0) is 4.74 Å². The molecular formula is C11H13FN2O3. The van der Waals surface area contributed by atoms with E-state index in [0.29, 0.717) is 32.1 Å². The second-order valence-electron chi connectivity index (χ2n) is 3.55. The van der Waals surface area contributed by atoms with Crippen LogP contribution in [0.15, 0.2) is 24.3 Å². The average molecular weight is 240 g/mol. The number of nitrogens with one attached hydrogen (secondary N) is 1. The third-order valence-electron chi connectivity index (χ3n) is 2.28. The van der Waals surface area contributed by atoms with Gasteiger partial charge in [-0.1, -0.05) is 0 Å². The van der Waals surface area contributed by atoms with Crippen molar-refractivity contribution in [3.8, 4) is 5.75 Å². The van der Waals surface area contributed by atoms with Gasteiger partial charge in [0.25, 0.3) is 0 Å². The summed E-state index contributed by atoms with van der Waals surface area (Å²) in [5.41, 5.74) is 2.58. The molecule has 6 heteroatoms. The maximum Gasteiger partial charge on any atom is 0.427 e. The summed E-state index contributed by atoms with van der Waals surface area (Å²) in [5.74, 6) is -0.0666. The number of benzene rings is 1. The number of morpholine rings is 1. The number of halogens is 1. The largest absolute Gasteiger partial charge is 0.427 e. The molecule has 1 aromatic rings. The number of amides is 1. The van der Waals surface area contributed by atoms with Gasteiger partial charge in [0.2, 0.25) is 0 Å². The van der Waals surface area contributed by atoms with E-state index in [4.69, 9.17) is 9.47 Å². The lowest BCUT2D eigenvalue weighted by Crippen LogP contribution is -2.49. The van der Waals surface area contributed by atoms with Gasteiger partial charge in [-0.25, -0.2) is 14.2 Å². The first-order chi connectivity index (χ1) is 8.24. The lowest BCUT2D eigenvalue weighted by atomic mass is 10.3. The van der Waals surface area contributed by atoms with Crippen LogP contribution in [-0.4, -0.2) is 37.4 Å². The van der Waals surface area contributed by atoms with Gasteiger partial charge in [0, 0.05) is 13.1 Å². The van der Waals surface area contributed by atoms with Crippen molar-refractivity contribution in [2.45, 2.75) is 0 Å². The molecule has 17 heavy (non-hydrogen) atoms. The molecule has 1 heterocycles. The topological polar surface area (TPSA) is 50.8 Å². The molecule has 0 bridgehead atoms. The fourth-order valence-electron chi connectivity index (χ4n) is 1.44. The summed E-state index contributed by atoms with van der Waals surface area (Å²) >= 11 is 0. The Morgan fingerprint density at radius 3 is 2.59 bits per heavy atom. The number of ether oxygens (including phenoxy) is 2. The van der Waals surface area contributed by atoms with Crippen LogP contribution in [0.4, 0.5) is 9.18 Å². The minimum atomic E-state index is -0.585. The number of hydrazine groups is 1. The van der Waals surface area contributed by atoms with Crippen LogP contribution < -0.4 is 10.2 Å². The minimum Gasteiger partial charge on any atom is -0.409 e. The van der Waals surface area contributed by atoms with Crippen molar-refractivity contribution in [2.24, 2.45) is 0 Å². The van der Waals surface area contributed by atoms with Crippen molar-refractivity contribution < 1.29 is 18.7 Å². The molecular weight excluding hydrogens is 227 g/mol. The van der Waals surface area contributed by atoms with E-state index in [0.717, 1.165) is 0 Å². The molecule has 1 N–H and O–H groups in total. The van der Waals surface area contributed by atoms with Crippen molar-refractivity contribution in [1.82, 2.24) is 10.4 Å². The first-order valence-electron chi connectivity index (χ1n) is 5.31. The zero-order chi connectivity index (χ0) is 12.1. The molecule has 5 nitrogen and oxygen atoms in total. The second-order valence-corrected chi connectivity index (χ2v) is 3.55. The SMILES string of the molecule is O=C(NN1CCOCC1)Oc1ccc(F)cc1. The normalized spacial score (nSPS) is 16.5. The molecule has 1 aromatic carbocycles. The monoisotopic (exact) mass is 240 g/mol. The van der Waals surface area contributed by atoms with E-state index >= 15 is 0 Å². The van der Waals surface area contributed by atoms with Crippen molar-refractivity contribution in [1.29, 1.82) is 0 Å². The Hall–Kier alpha value is -1.66. The van der Waals surface area contributed by atoms with Gasteiger partial charge in [-0.15, -0.1) is 0 Å². The standard InChI is InChI=1S/C11H13FN2O3/c12-9-1-3-10(4-2-9)17-11(15)13-14-5-7-16-8-6-14/h1-4H,5-8H2,(H,13,15). The van der Waals surface area contributed by atoms with Gasteiger partial charge >= 0.3 is 6.09 Å². The van der Waals surface area contributed by atoms with E-state index in [1.807, 2.05) is 0 Å². The lowest BCUT2D eigenvalue weighted by Gasteiger charge is -2.26. The van der Waals surface area contributed by atoms with E-state index in [9.17, 15) is 9.18 Å². The molecule has 1 saturated heterocycles. The van der Waals surface area contributed by atoms with Crippen molar-refractivity contribution in [3.05, 3.63) is 30.1 Å². The zero-order valence-electron chi connectivity index (χ0n) is 9.19. The maximum atomic E-state index is 12.6. The third kappa shape index (κ3) is 3.69. The van der Waals surface area contributed by atoms with Gasteiger partial charge < -0.3 is 9.47 Å². The first-order valence-corrected chi connectivity index (χ1v) is 5.31. The van der Waals surface area contributed by atoms with Gasteiger partial charge in [0.05, 0.1) is 13.2 Å². The van der Waals surface area contributed by atoms with Crippen LogP contribution in [0.5, 0.6) is 5.75 Å². The zero-order valence-corrected chi connectivity index (χ0v) is 9.19. The number of hydrogen-bond acceptors (Lipinski definition) is 4. The number of nitrogens with zero attached hydrogens (tertiary/aromatic N) is 1.